The zero-order valence-electron chi connectivity index (χ0n) is 14.9. The minimum atomic E-state index is 0.784. The van der Waals surface area contributed by atoms with Crippen LogP contribution >= 0.6 is 46.0 Å². The van der Waals surface area contributed by atoms with Crippen LogP contribution in [-0.2, 0) is 13.1 Å². The van der Waals surface area contributed by atoms with Crippen LogP contribution in [0, 0.1) is 0 Å². The monoisotopic (exact) mass is 422 g/mol. The van der Waals surface area contributed by atoms with Crippen molar-refractivity contribution in [1.82, 2.24) is 19.8 Å². The van der Waals surface area contributed by atoms with Crippen LogP contribution in [0.25, 0.3) is 0 Å². The molecular weight excluding hydrogens is 400 g/mol. The summed E-state index contributed by atoms with van der Waals surface area (Å²) >= 11 is 11.2. The third kappa shape index (κ3) is 6.83. The molecule has 2 heterocycles. The van der Waals surface area contributed by atoms with Crippen molar-refractivity contribution < 1.29 is 0 Å². The van der Waals surface area contributed by atoms with Gasteiger partial charge in [-0.15, -0.1) is 0 Å². The number of hydrogen-bond donors (Lipinski definition) is 0. The number of nitrogens with zero attached hydrogens (tertiary/aromatic N) is 4. The van der Waals surface area contributed by atoms with Gasteiger partial charge >= 0.3 is 0 Å². The Hall–Kier alpha value is -1.22. The van der Waals surface area contributed by atoms with Crippen LogP contribution in [0.2, 0.25) is 0 Å². The second kappa shape index (κ2) is 11.5. The molecule has 0 aliphatic rings. The van der Waals surface area contributed by atoms with Crippen molar-refractivity contribution in [1.29, 1.82) is 0 Å². The third-order valence-electron chi connectivity index (χ3n) is 3.71. The van der Waals surface area contributed by atoms with Gasteiger partial charge in [-0.3, -0.25) is 9.97 Å². The molecule has 0 amide bonds. The van der Waals surface area contributed by atoms with Gasteiger partial charge in [-0.2, -0.15) is 0 Å². The first-order valence-corrected chi connectivity index (χ1v) is 11.3. The third-order valence-corrected chi connectivity index (χ3v) is 7.44. The minimum absolute atomic E-state index is 0.784. The molecule has 0 radical (unpaired) electrons. The predicted molar refractivity (Wildman–Crippen MR) is 121 cm³/mol. The summed E-state index contributed by atoms with van der Waals surface area (Å²) in [4.78, 5) is 12.5. The maximum Gasteiger partial charge on any atom is 0.147 e. The van der Waals surface area contributed by atoms with E-state index in [0.717, 1.165) is 34.8 Å². The van der Waals surface area contributed by atoms with Crippen LogP contribution in [0.3, 0.4) is 0 Å². The van der Waals surface area contributed by atoms with E-state index in [1.54, 1.807) is 21.6 Å². The largest absolute Gasteiger partial charge is 0.353 e. The Bertz CT molecular complexity index is 635. The SMILES string of the molecule is CCN(Cc1ccncc1)C(=S)SSC(=S)N(CC)Cc1ccncc1. The van der Waals surface area contributed by atoms with E-state index in [0.29, 0.717) is 0 Å². The molecule has 2 aromatic heterocycles. The second-order valence-corrected chi connectivity index (χ2v) is 8.83. The minimum Gasteiger partial charge on any atom is -0.353 e. The van der Waals surface area contributed by atoms with Crippen LogP contribution < -0.4 is 0 Å². The average molecular weight is 423 g/mol. The molecule has 0 aliphatic carbocycles. The van der Waals surface area contributed by atoms with Crippen molar-refractivity contribution in [3.8, 4) is 0 Å². The molecule has 4 nitrogen and oxygen atoms in total. The first kappa shape index (κ1) is 21.1. The van der Waals surface area contributed by atoms with E-state index in [4.69, 9.17) is 24.4 Å². The maximum absolute atomic E-state index is 5.61. The van der Waals surface area contributed by atoms with Gasteiger partial charge in [0.2, 0.25) is 0 Å². The summed E-state index contributed by atoms with van der Waals surface area (Å²) < 4.78 is 1.69. The van der Waals surface area contributed by atoms with Crippen molar-refractivity contribution in [2.45, 2.75) is 26.9 Å². The molecule has 0 aromatic carbocycles. The number of thiocarbonyl (C=S) groups is 2. The van der Waals surface area contributed by atoms with Crippen LogP contribution in [0.1, 0.15) is 25.0 Å². The molecule has 0 bridgehead atoms. The molecular formula is C18H22N4S4. The normalized spacial score (nSPS) is 10.4. The molecule has 0 N–H and O–H groups in total. The highest BCUT2D eigenvalue weighted by molar-refractivity contribution is 8.89. The van der Waals surface area contributed by atoms with Gasteiger partial charge in [0.15, 0.2) is 0 Å². The van der Waals surface area contributed by atoms with E-state index in [1.807, 2.05) is 49.1 Å². The summed E-state index contributed by atoms with van der Waals surface area (Å²) in [5.41, 5.74) is 2.40. The van der Waals surface area contributed by atoms with Gasteiger partial charge < -0.3 is 9.80 Å². The van der Waals surface area contributed by atoms with E-state index >= 15 is 0 Å². The second-order valence-electron chi connectivity index (χ2n) is 5.44. The van der Waals surface area contributed by atoms with Crippen molar-refractivity contribution in [2.24, 2.45) is 0 Å². The highest BCUT2D eigenvalue weighted by atomic mass is 33.1. The highest BCUT2D eigenvalue weighted by Crippen LogP contribution is 2.29. The summed E-state index contributed by atoms with van der Waals surface area (Å²) in [6.45, 7) is 7.50. The number of rotatable bonds is 6. The summed E-state index contributed by atoms with van der Waals surface area (Å²) in [6.07, 6.45) is 7.23. The lowest BCUT2D eigenvalue weighted by molar-refractivity contribution is 0.450. The lowest BCUT2D eigenvalue weighted by Crippen LogP contribution is -2.28. The van der Waals surface area contributed by atoms with Crippen molar-refractivity contribution in [3.05, 3.63) is 60.2 Å². The molecule has 2 rings (SSSR count). The first-order valence-electron chi connectivity index (χ1n) is 8.34. The zero-order chi connectivity index (χ0) is 18.8. The molecule has 0 spiro atoms. The predicted octanol–water partition coefficient (Wildman–Crippen LogP) is 4.77. The first-order chi connectivity index (χ1) is 12.6. The van der Waals surface area contributed by atoms with Crippen LogP contribution in [0.5, 0.6) is 0 Å². The molecule has 0 saturated heterocycles. The Morgan fingerprint density at radius 3 is 1.42 bits per heavy atom. The molecule has 138 valence electrons. The van der Waals surface area contributed by atoms with Crippen molar-refractivity contribution >= 4 is 54.7 Å². The summed E-state index contributed by atoms with van der Waals surface area (Å²) in [5, 5.41) is 0. The van der Waals surface area contributed by atoms with E-state index < -0.39 is 0 Å². The lowest BCUT2D eigenvalue weighted by atomic mass is 10.2. The fourth-order valence-electron chi connectivity index (χ4n) is 2.20. The average Bonchev–Trinajstić information content (AvgIpc) is 2.69. The maximum atomic E-state index is 5.61. The Labute approximate surface area is 174 Å². The molecule has 0 atom stereocenters. The van der Waals surface area contributed by atoms with Crippen LogP contribution in [0.4, 0.5) is 0 Å². The smallest absolute Gasteiger partial charge is 0.147 e. The Morgan fingerprint density at radius 1 is 0.769 bits per heavy atom. The molecule has 0 aliphatic heterocycles. The Morgan fingerprint density at radius 2 is 1.12 bits per heavy atom. The van der Waals surface area contributed by atoms with E-state index in [2.05, 4.69) is 33.6 Å². The van der Waals surface area contributed by atoms with Gasteiger partial charge in [0.25, 0.3) is 0 Å². The fourth-order valence-corrected chi connectivity index (χ4v) is 5.01. The lowest BCUT2D eigenvalue weighted by Gasteiger charge is -2.25. The van der Waals surface area contributed by atoms with E-state index in [-0.39, 0.29) is 0 Å². The molecule has 2 aromatic rings. The summed E-state index contributed by atoms with van der Waals surface area (Å²) in [5.74, 6) is 0. The van der Waals surface area contributed by atoms with Crippen molar-refractivity contribution in [3.63, 3.8) is 0 Å². The zero-order valence-corrected chi connectivity index (χ0v) is 18.1. The number of hydrogen-bond acceptors (Lipinski definition) is 6. The molecule has 26 heavy (non-hydrogen) atoms. The molecule has 0 unspecified atom stereocenters. The molecule has 0 fully saturated rings. The summed E-state index contributed by atoms with van der Waals surface area (Å²) in [6, 6.07) is 8.06. The van der Waals surface area contributed by atoms with Gasteiger partial charge in [-0.25, -0.2) is 0 Å². The summed E-state index contributed by atoms with van der Waals surface area (Å²) in [7, 11) is 3.11. The molecule has 0 saturated carbocycles. The molecule has 8 heteroatoms. The van der Waals surface area contributed by atoms with Gasteiger partial charge in [0, 0.05) is 51.0 Å². The topological polar surface area (TPSA) is 32.3 Å². The van der Waals surface area contributed by atoms with E-state index in [9.17, 15) is 0 Å². The number of aromatic nitrogens is 2. The number of pyridine rings is 2. The van der Waals surface area contributed by atoms with Crippen molar-refractivity contribution in [2.75, 3.05) is 13.1 Å². The van der Waals surface area contributed by atoms with Gasteiger partial charge in [0.05, 0.1) is 0 Å². The Kier molecular flexibility index (Phi) is 9.31. The van der Waals surface area contributed by atoms with Gasteiger partial charge in [0.1, 0.15) is 8.64 Å². The standard InChI is InChI=1S/C18H22N4S4/c1-3-21(13-15-5-9-19-10-6-15)17(23)25-26-18(24)22(4-2)14-16-7-11-20-12-8-16/h5-12H,3-4,13-14H2,1-2H3. The fraction of sp³-hybridized carbons (Fsp3) is 0.333. The van der Waals surface area contributed by atoms with E-state index in [1.165, 1.54) is 11.1 Å². The van der Waals surface area contributed by atoms with Crippen LogP contribution in [-0.4, -0.2) is 41.5 Å². The highest BCUT2D eigenvalue weighted by Gasteiger charge is 2.14. The quantitative estimate of drug-likeness (QED) is 0.486. The van der Waals surface area contributed by atoms with Gasteiger partial charge in [-0.05, 0) is 70.8 Å². The Balaban J connectivity index is 1.86. The van der Waals surface area contributed by atoms with Crippen LogP contribution in [0.15, 0.2) is 49.1 Å². The van der Waals surface area contributed by atoms with Gasteiger partial charge in [-0.1, -0.05) is 24.4 Å².